The van der Waals surface area contributed by atoms with Crippen molar-refractivity contribution in [3.63, 3.8) is 0 Å². The number of carbonyl (C=O) groups excluding carboxylic acids is 2. The first-order valence-electron chi connectivity index (χ1n) is 8.25. The van der Waals surface area contributed by atoms with Crippen LogP contribution in [-0.4, -0.2) is 74.0 Å². The van der Waals surface area contributed by atoms with Crippen LogP contribution in [0.4, 0.5) is 0 Å². The zero-order valence-electron chi connectivity index (χ0n) is 16.2. The second-order valence-electron chi connectivity index (χ2n) is 5.62. The summed E-state index contributed by atoms with van der Waals surface area (Å²) < 4.78 is 19.6. The van der Waals surface area contributed by atoms with Crippen molar-refractivity contribution in [3.05, 3.63) is 24.3 Å². The van der Waals surface area contributed by atoms with E-state index in [1.54, 1.807) is 27.7 Å². The van der Waals surface area contributed by atoms with Gasteiger partial charge in [0.1, 0.15) is 13.2 Å². The summed E-state index contributed by atoms with van der Waals surface area (Å²) in [7, 11) is 0. The van der Waals surface area contributed by atoms with E-state index in [1.165, 1.54) is 0 Å². The summed E-state index contributed by atoms with van der Waals surface area (Å²) in [6.45, 7) is 14.5. The zero-order chi connectivity index (χ0) is 20.5. The molecule has 2 N–H and O–H groups in total. The van der Waals surface area contributed by atoms with Gasteiger partial charge in [-0.3, -0.25) is 0 Å². The number of rotatable bonds is 12. The van der Waals surface area contributed by atoms with Crippen molar-refractivity contribution in [2.24, 2.45) is 0 Å². The van der Waals surface area contributed by atoms with Crippen molar-refractivity contribution in [2.45, 2.75) is 39.9 Å². The minimum Gasteiger partial charge on any atom is -0.460 e. The van der Waals surface area contributed by atoms with Crippen LogP contribution in [0.1, 0.15) is 27.7 Å². The molecule has 0 saturated carbocycles. The SMILES string of the molecule is C=C(C)C(=O)OCCOCCOC(=O)C(=C)C.CC(O)COC(C)CO. The Morgan fingerprint density at radius 3 is 1.65 bits per heavy atom. The Morgan fingerprint density at radius 2 is 1.35 bits per heavy atom. The molecule has 0 aliphatic heterocycles. The maximum absolute atomic E-state index is 10.9. The van der Waals surface area contributed by atoms with E-state index in [-0.39, 0.29) is 39.1 Å². The van der Waals surface area contributed by atoms with Crippen LogP contribution < -0.4 is 0 Å². The molecule has 0 radical (unpaired) electrons. The molecule has 0 spiro atoms. The molecule has 2 atom stereocenters. The number of ether oxygens (including phenoxy) is 4. The van der Waals surface area contributed by atoms with Gasteiger partial charge in [-0.15, -0.1) is 0 Å². The van der Waals surface area contributed by atoms with Crippen LogP contribution in [-0.2, 0) is 28.5 Å². The maximum Gasteiger partial charge on any atom is 0.333 e. The average molecular weight is 376 g/mol. The number of carbonyl (C=O) groups is 2. The van der Waals surface area contributed by atoms with E-state index >= 15 is 0 Å². The lowest BCUT2D eigenvalue weighted by Crippen LogP contribution is -2.19. The van der Waals surface area contributed by atoms with Crippen molar-refractivity contribution in [1.82, 2.24) is 0 Å². The summed E-state index contributed by atoms with van der Waals surface area (Å²) in [5.74, 6) is -0.885. The molecule has 0 heterocycles. The predicted molar refractivity (Wildman–Crippen MR) is 96.5 cm³/mol. The largest absolute Gasteiger partial charge is 0.460 e. The Kier molecular flexibility index (Phi) is 17.0. The molecule has 0 rings (SSSR count). The normalized spacial score (nSPS) is 12.2. The van der Waals surface area contributed by atoms with Gasteiger partial charge in [0.25, 0.3) is 0 Å². The number of aliphatic hydroxyl groups excluding tert-OH is 2. The molecule has 0 aliphatic rings. The minimum absolute atomic E-state index is 0.00667. The third-order valence-corrected chi connectivity index (χ3v) is 2.50. The highest BCUT2D eigenvalue weighted by Gasteiger charge is 2.03. The van der Waals surface area contributed by atoms with Gasteiger partial charge in [-0.25, -0.2) is 9.59 Å². The quantitative estimate of drug-likeness (QED) is 0.295. The molecule has 152 valence electrons. The highest BCUT2D eigenvalue weighted by atomic mass is 16.6. The predicted octanol–water partition coefficient (Wildman–Crippen LogP) is 1.01. The molecule has 2 unspecified atom stereocenters. The van der Waals surface area contributed by atoms with Crippen LogP contribution in [0.2, 0.25) is 0 Å². The number of hydrogen-bond acceptors (Lipinski definition) is 8. The molecule has 8 nitrogen and oxygen atoms in total. The number of hydrogen-bond donors (Lipinski definition) is 2. The molecular weight excluding hydrogens is 344 g/mol. The maximum atomic E-state index is 10.9. The molecule has 0 aromatic carbocycles. The Morgan fingerprint density at radius 1 is 0.923 bits per heavy atom. The van der Waals surface area contributed by atoms with E-state index in [1.807, 2.05) is 0 Å². The molecule has 26 heavy (non-hydrogen) atoms. The van der Waals surface area contributed by atoms with Gasteiger partial charge in [-0.05, 0) is 27.7 Å². The highest BCUT2D eigenvalue weighted by Crippen LogP contribution is 1.93. The van der Waals surface area contributed by atoms with Crippen LogP contribution in [0.25, 0.3) is 0 Å². The van der Waals surface area contributed by atoms with E-state index in [0.717, 1.165) is 0 Å². The Bertz CT molecular complexity index is 401. The summed E-state index contributed by atoms with van der Waals surface area (Å²) in [6.07, 6.45) is -0.612. The van der Waals surface area contributed by atoms with Crippen LogP contribution in [0.5, 0.6) is 0 Å². The van der Waals surface area contributed by atoms with Gasteiger partial charge in [-0.2, -0.15) is 0 Å². The molecule has 0 bridgehead atoms. The van der Waals surface area contributed by atoms with Crippen molar-refractivity contribution in [2.75, 3.05) is 39.6 Å². The van der Waals surface area contributed by atoms with Gasteiger partial charge in [0.05, 0.1) is 38.6 Å². The summed E-state index contributed by atoms with van der Waals surface area (Å²) in [5.41, 5.74) is 0.695. The molecule has 0 aromatic heterocycles. The van der Waals surface area contributed by atoms with E-state index in [2.05, 4.69) is 13.2 Å². The molecule has 0 aliphatic carbocycles. The van der Waals surface area contributed by atoms with E-state index in [0.29, 0.717) is 17.8 Å². The first-order valence-corrected chi connectivity index (χ1v) is 8.25. The van der Waals surface area contributed by atoms with Crippen molar-refractivity contribution in [1.29, 1.82) is 0 Å². The van der Waals surface area contributed by atoms with Crippen molar-refractivity contribution >= 4 is 11.9 Å². The van der Waals surface area contributed by atoms with Crippen LogP contribution in [0, 0.1) is 0 Å². The fourth-order valence-electron chi connectivity index (χ4n) is 1.09. The van der Waals surface area contributed by atoms with E-state index in [4.69, 9.17) is 29.2 Å². The molecular formula is C18H32O8. The molecule has 8 heteroatoms. The van der Waals surface area contributed by atoms with E-state index in [9.17, 15) is 9.59 Å². The lowest BCUT2D eigenvalue weighted by Gasteiger charge is -2.10. The molecule has 0 fully saturated rings. The van der Waals surface area contributed by atoms with Crippen LogP contribution in [0.15, 0.2) is 24.3 Å². The first-order chi connectivity index (χ1) is 12.1. The van der Waals surface area contributed by atoms with Gasteiger partial charge in [-0.1, -0.05) is 13.2 Å². The topological polar surface area (TPSA) is 112 Å². The third-order valence-electron chi connectivity index (χ3n) is 2.50. The summed E-state index contributed by atoms with van der Waals surface area (Å²) in [4.78, 5) is 21.9. The zero-order valence-corrected chi connectivity index (χ0v) is 16.2. The smallest absolute Gasteiger partial charge is 0.333 e. The number of aliphatic hydroxyl groups is 2. The molecule has 0 saturated heterocycles. The Hall–Kier alpha value is -1.74. The molecule has 0 amide bonds. The van der Waals surface area contributed by atoms with Crippen LogP contribution >= 0.6 is 0 Å². The van der Waals surface area contributed by atoms with Crippen molar-refractivity contribution in [3.8, 4) is 0 Å². The van der Waals surface area contributed by atoms with Crippen molar-refractivity contribution < 1.29 is 38.7 Å². The summed E-state index contributed by atoms with van der Waals surface area (Å²) in [6, 6.07) is 0. The Balaban J connectivity index is 0. The average Bonchev–Trinajstić information content (AvgIpc) is 2.58. The van der Waals surface area contributed by atoms with Gasteiger partial charge < -0.3 is 29.2 Å². The summed E-state index contributed by atoms with van der Waals surface area (Å²) in [5, 5.41) is 17.1. The third kappa shape index (κ3) is 18.6. The van der Waals surface area contributed by atoms with E-state index < -0.39 is 18.0 Å². The second kappa shape index (κ2) is 16.7. The lowest BCUT2D eigenvalue weighted by atomic mass is 10.4. The highest BCUT2D eigenvalue weighted by molar-refractivity contribution is 5.87. The second-order valence-corrected chi connectivity index (χ2v) is 5.62. The Labute approximate surface area is 155 Å². The van der Waals surface area contributed by atoms with Crippen LogP contribution in [0.3, 0.4) is 0 Å². The van der Waals surface area contributed by atoms with Gasteiger partial charge in [0, 0.05) is 11.1 Å². The van der Waals surface area contributed by atoms with Gasteiger partial charge in [0.15, 0.2) is 0 Å². The van der Waals surface area contributed by atoms with Gasteiger partial charge in [0.2, 0.25) is 0 Å². The fourth-order valence-corrected chi connectivity index (χ4v) is 1.09. The van der Waals surface area contributed by atoms with Gasteiger partial charge >= 0.3 is 11.9 Å². The summed E-state index contributed by atoms with van der Waals surface area (Å²) >= 11 is 0. The minimum atomic E-state index is -0.445. The first kappa shape index (κ1) is 26.5. The fraction of sp³-hybridized carbons (Fsp3) is 0.667. The lowest BCUT2D eigenvalue weighted by molar-refractivity contribution is -0.141. The monoisotopic (exact) mass is 376 g/mol. The number of esters is 2. The molecule has 0 aromatic rings. The standard InChI is InChI=1S/C12H18O5.C6H14O3/c1-9(2)11(13)16-7-5-15-6-8-17-12(14)10(3)4;1-5(8)4-9-6(2)3-7/h1,3,5-8H2,2,4H3;5-8H,3-4H2,1-2H3.